The maximum atomic E-state index is 12.3. The molecule has 0 aliphatic rings. The predicted molar refractivity (Wildman–Crippen MR) is 115 cm³/mol. The van der Waals surface area contributed by atoms with Gasteiger partial charge in [0.25, 0.3) is 21.4 Å². The molecule has 2 amide bonds. The molecule has 3 N–H and O–H groups in total. The third-order valence-corrected chi connectivity index (χ3v) is 6.51. The second kappa shape index (κ2) is 8.88. The van der Waals surface area contributed by atoms with Gasteiger partial charge in [-0.2, -0.15) is 0 Å². The summed E-state index contributed by atoms with van der Waals surface area (Å²) in [5.74, 6) is 0. The van der Waals surface area contributed by atoms with Crippen molar-refractivity contribution in [2.75, 3.05) is 6.54 Å². The number of nitrogens with one attached hydrogen (secondary N) is 3. The van der Waals surface area contributed by atoms with E-state index < -0.39 is 31.6 Å². The fraction of sp³-hybridized carbons (Fsp3) is 0.294. The van der Waals surface area contributed by atoms with E-state index in [2.05, 4.69) is 10.3 Å². The van der Waals surface area contributed by atoms with Gasteiger partial charge in [0.15, 0.2) is 4.64 Å². The molecular weight excluding hydrogens is 462 g/mol. The molecule has 32 heavy (non-hydrogen) atoms. The second-order valence-electron chi connectivity index (χ2n) is 6.84. The Morgan fingerprint density at radius 2 is 2.03 bits per heavy atom. The number of aromatic amines is 1. The average molecular weight is 483 g/mol. The molecule has 15 heteroatoms. The standard InChI is InChI=1S/C17H19N7O6S2/c1-21-14-13(15(31)22(2)17(21)26)23(10-19-14)8-4-7-18-16(25)20-32(29,30)12-6-3-5-11(9-12)24(27)28/h3,5-6,9-10H,4,7-8H2,1-2H3,(H2,18,20,25)/p+1. The number of fused-ring (bicyclic) bond motifs is 1. The fourth-order valence-electron chi connectivity index (χ4n) is 3.06. The highest BCUT2D eigenvalue weighted by atomic mass is 32.2. The number of nitro groups is 1. The zero-order valence-corrected chi connectivity index (χ0v) is 18.7. The minimum absolute atomic E-state index is 0.139. The van der Waals surface area contributed by atoms with Crippen molar-refractivity contribution in [1.82, 2.24) is 24.2 Å². The van der Waals surface area contributed by atoms with E-state index in [0.717, 1.165) is 18.2 Å². The Morgan fingerprint density at radius 3 is 2.72 bits per heavy atom. The van der Waals surface area contributed by atoms with Gasteiger partial charge in [0.1, 0.15) is 0 Å². The van der Waals surface area contributed by atoms with E-state index >= 15 is 0 Å². The van der Waals surface area contributed by atoms with E-state index in [1.54, 1.807) is 25.0 Å². The molecule has 0 aliphatic heterocycles. The summed E-state index contributed by atoms with van der Waals surface area (Å²) in [7, 11) is -1.07. The number of H-pyrrole nitrogens is 1. The molecule has 0 saturated heterocycles. The van der Waals surface area contributed by atoms with Crippen LogP contribution >= 0.6 is 12.2 Å². The number of rotatable bonds is 7. The minimum atomic E-state index is -4.27. The van der Waals surface area contributed by atoms with Crippen molar-refractivity contribution in [2.45, 2.75) is 17.9 Å². The van der Waals surface area contributed by atoms with Gasteiger partial charge in [-0.25, -0.2) is 32.3 Å². The Balaban J connectivity index is 1.61. The van der Waals surface area contributed by atoms with Crippen LogP contribution in [0, 0.1) is 14.8 Å². The van der Waals surface area contributed by atoms with Gasteiger partial charge in [-0.3, -0.25) is 19.2 Å². The maximum absolute atomic E-state index is 12.3. The number of nitro benzene ring substituents is 1. The summed E-state index contributed by atoms with van der Waals surface area (Å²) in [6, 6.07) is 3.41. The predicted octanol–water partition coefficient (Wildman–Crippen LogP) is 0.208. The lowest BCUT2D eigenvalue weighted by atomic mass is 10.3. The molecule has 0 atom stereocenters. The van der Waals surface area contributed by atoms with Crippen LogP contribution in [-0.4, -0.2) is 40.0 Å². The lowest BCUT2D eigenvalue weighted by Gasteiger charge is -2.08. The van der Waals surface area contributed by atoms with E-state index in [0.29, 0.717) is 28.8 Å². The number of sulfonamides is 1. The van der Waals surface area contributed by atoms with Crippen molar-refractivity contribution in [3.05, 3.63) is 55.8 Å². The van der Waals surface area contributed by atoms with E-state index in [4.69, 9.17) is 12.2 Å². The number of hydrogen-bond donors (Lipinski definition) is 3. The molecule has 0 spiro atoms. The highest BCUT2D eigenvalue weighted by Crippen LogP contribution is 2.17. The van der Waals surface area contributed by atoms with E-state index in [1.807, 2.05) is 4.72 Å². The first kappa shape index (κ1) is 23.1. The lowest BCUT2D eigenvalue weighted by Crippen LogP contribution is -2.41. The normalized spacial score (nSPS) is 11.4. The number of non-ortho nitro benzene ring substituents is 1. The highest BCUT2D eigenvalue weighted by Gasteiger charge is 2.21. The van der Waals surface area contributed by atoms with Crippen LogP contribution in [0.4, 0.5) is 10.5 Å². The zero-order valence-electron chi connectivity index (χ0n) is 17.1. The van der Waals surface area contributed by atoms with Crippen molar-refractivity contribution >= 4 is 45.1 Å². The van der Waals surface area contributed by atoms with Crippen molar-refractivity contribution in [3.63, 3.8) is 0 Å². The largest absolute Gasteiger partial charge is 0.337 e. The molecule has 0 radical (unpaired) electrons. The number of carbonyl (C=O) groups is 1. The minimum Gasteiger partial charge on any atom is -0.337 e. The van der Waals surface area contributed by atoms with E-state index in [9.17, 15) is 28.1 Å². The molecule has 1 aromatic carbocycles. The molecule has 0 aliphatic carbocycles. The Kier molecular flexibility index (Phi) is 6.40. The van der Waals surface area contributed by atoms with Crippen LogP contribution in [0.1, 0.15) is 6.42 Å². The monoisotopic (exact) mass is 482 g/mol. The first-order valence-corrected chi connectivity index (χ1v) is 11.1. The second-order valence-corrected chi connectivity index (χ2v) is 8.91. The SMILES string of the molecule is Cn1c(=S)c2c([nH]c[n+]2CCCNC(=O)NS(=O)(=O)c2cccc([N+](=O)[O-])c2)n(C)c1=O. The van der Waals surface area contributed by atoms with E-state index in [-0.39, 0.29) is 12.2 Å². The van der Waals surface area contributed by atoms with Crippen LogP contribution in [0.15, 0.2) is 40.3 Å². The number of aryl methyl sites for hydroxylation is 2. The van der Waals surface area contributed by atoms with Gasteiger partial charge in [0.2, 0.25) is 11.8 Å². The molecule has 0 unspecified atom stereocenters. The third-order valence-electron chi connectivity index (χ3n) is 4.71. The van der Waals surface area contributed by atoms with Crippen LogP contribution in [0.2, 0.25) is 0 Å². The molecule has 2 aromatic heterocycles. The van der Waals surface area contributed by atoms with Crippen molar-refractivity contribution in [2.24, 2.45) is 14.1 Å². The number of hydrogen-bond acceptors (Lipinski definition) is 7. The number of carbonyl (C=O) groups excluding carboxylic acids is 1. The maximum Gasteiger partial charge on any atom is 0.332 e. The molecular formula is C17H20N7O6S2+. The number of nitrogens with zero attached hydrogens (tertiary/aromatic N) is 4. The number of imidazole rings is 1. The Hall–Kier alpha value is -3.59. The smallest absolute Gasteiger partial charge is 0.332 e. The van der Waals surface area contributed by atoms with Gasteiger partial charge in [-0.05, 0) is 6.07 Å². The molecule has 170 valence electrons. The number of benzene rings is 1. The number of amides is 2. The quantitative estimate of drug-likeness (QED) is 0.142. The summed E-state index contributed by atoms with van der Waals surface area (Å²) >= 11 is 5.36. The summed E-state index contributed by atoms with van der Waals surface area (Å²) < 4.78 is 31.3. The topological polar surface area (TPSA) is 165 Å². The van der Waals surface area contributed by atoms with Gasteiger partial charge >= 0.3 is 11.7 Å². The van der Waals surface area contributed by atoms with Crippen molar-refractivity contribution < 1.29 is 22.7 Å². The summed E-state index contributed by atoms with van der Waals surface area (Å²) in [6.07, 6.45) is 2.09. The van der Waals surface area contributed by atoms with Crippen LogP contribution in [-0.2, 0) is 30.7 Å². The lowest BCUT2D eigenvalue weighted by molar-refractivity contribution is -0.671. The summed E-state index contributed by atoms with van der Waals surface area (Å²) in [6.45, 7) is 0.570. The van der Waals surface area contributed by atoms with Crippen LogP contribution in [0.3, 0.4) is 0 Å². The molecule has 0 saturated carbocycles. The fourth-order valence-corrected chi connectivity index (χ4v) is 4.32. The van der Waals surface area contributed by atoms with Crippen LogP contribution < -0.4 is 20.3 Å². The molecule has 3 aromatic rings. The number of urea groups is 1. The van der Waals surface area contributed by atoms with Crippen LogP contribution in [0.5, 0.6) is 0 Å². The summed E-state index contributed by atoms with van der Waals surface area (Å²) in [5.41, 5.74) is 0.546. The average Bonchev–Trinajstić information content (AvgIpc) is 3.17. The van der Waals surface area contributed by atoms with Gasteiger partial charge < -0.3 is 5.32 Å². The Morgan fingerprint density at radius 1 is 1.31 bits per heavy atom. The van der Waals surface area contributed by atoms with Gasteiger partial charge in [-0.1, -0.05) is 18.3 Å². The van der Waals surface area contributed by atoms with Gasteiger partial charge in [0, 0.05) is 39.2 Å². The van der Waals surface area contributed by atoms with Crippen molar-refractivity contribution in [3.8, 4) is 0 Å². The first-order chi connectivity index (χ1) is 15.0. The first-order valence-electron chi connectivity index (χ1n) is 9.24. The zero-order chi connectivity index (χ0) is 23.6. The number of aromatic nitrogens is 4. The van der Waals surface area contributed by atoms with E-state index in [1.165, 1.54) is 15.2 Å². The van der Waals surface area contributed by atoms with Gasteiger partial charge in [-0.15, -0.1) is 0 Å². The Bertz CT molecular complexity index is 1440. The molecule has 3 rings (SSSR count). The molecule has 2 heterocycles. The molecule has 0 bridgehead atoms. The third kappa shape index (κ3) is 4.52. The summed E-state index contributed by atoms with van der Waals surface area (Å²) in [5, 5.41) is 13.2. The summed E-state index contributed by atoms with van der Waals surface area (Å²) in [4.78, 5) is 36.8. The van der Waals surface area contributed by atoms with Crippen LogP contribution in [0.25, 0.3) is 11.2 Å². The Labute approximate surface area is 186 Å². The molecule has 0 fully saturated rings. The van der Waals surface area contributed by atoms with Crippen molar-refractivity contribution in [1.29, 1.82) is 0 Å². The highest BCUT2D eigenvalue weighted by molar-refractivity contribution is 7.90. The molecule has 13 nitrogen and oxygen atoms in total. The van der Waals surface area contributed by atoms with Gasteiger partial charge in [0.05, 0.1) is 16.4 Å².